The smallest absolute Gasteiger partial charge is 0.227 e. The minimum Gasteiger partial charge on any atom is -0.361 e. The number of aromatic amines is 1. The van der Waals surface area contributed by atoms with Crippen molar-refractivity contribution in [3.05, 3.63) is 30.5 Å². The van der Waals surface area contributed by atoms with Crippen LogP contribution in [-0.2, 0) is 4.79 Å². The number of rotatable bonds is 2. The number of carbonyl (C=O) groups excluding carboxylic acids is 1. The van der Waals surface area contributed by atoms with Gasteiger partial charge in [-0.05, 0) is 37.5 Å². The molecule has 1 heterocycles. The van der Waals surface area contributed by atoms with Crippen molar-refractivity contribution in [1.29, 1.82) is 0 Å². The lowest BCUT2D eigenvalue weighted by atomic mass is 10.1. The van der Waals surface area contributed by atoms with E-state index in [4.69, 9.17) is 5.73 Å². The van der Waals surface area contributed by atoms with Crippen molar-refractivity contribution in [2.75, 3.05) is 5.32 Å². The summed E-state index contributed by atoms with van der Waals surface area (Å²) in [5.74, 6) is 0.158. The number of hydrogen-bond acceptors (Lipinski definition) is 2. The van der Waals surface area contributed by atoms with Crippen LogP contribution in [0.25, 0.3) is 10.9 Å². The number of nitrogens with two attached hydrogens (primary N) is 1. The Hall–Kier alpha value is -1.52. The molecule has 0 aliphatic heterocycles. The summed E-state index contributed by atoms with van der Waals surface area (Å²) in [6.07, 6.45) is 4.53. The number of fused-ring (bicyclic) bond motifs is 1. The van der Waals surface area contributed by atoms with Gasteiger partial charge < -0.3 is 16.0 Å². The number of benzene rings is 1. The number of amides is 1. The summed E-state index contributed by atoms with van der Waals surface area (Å²) in [5, 5.41) is 4.07. The predicted octanol–water partition coefficient (Wildman–Crippen LogP) is 2.66. The second kappa shape index (κ2) is 5.63. The molecule has 2 aromatic rings. The van der Waals surface area contributed by atoms with E-state index >= 15 is 0 Å². The zero-order valence-electron chi connectivity index (χ0n) is 10.6. The summed E-state index contributed by atoms with van der Waals surface area (Å²) in [6, 6.07) is 8.03. The normalized spacial score (nSPS) is 22.2. The molecular formula is C14H18ClN3O. The number of anilines is 1. The molecule has 2 unspecified atom stereocenters. The first-order chi connectivity index (χ1) is 8.74. The largest absolute Gasteiger partial charge is 0.361 e. The zero-order chi connectivity index (χ0) is 12.5. The molecule has 0 saturated heterocycles. The van der Waals surface area contributed by atoms with Crippen LogP contribution in [0.3, 0.4) is 0 Å². The summed E-state index contributed by atoms with van der Waals surface area (Å²) in [6.45, 7) is 0. The van der Waals surface area contributed by atoms with Crippen molar-refractivity contribution in [3.63, 3.8) is 0 Å². The van der Waals surface area contributed by atoms with Crippen LogP contribution in [0.5, 0.6) is 0 Å². The van der Waals surface area contributed by atoms with Gasteiger partial charge in [0.15, 0.2) is 0 Å². The van der Waals surface area contributed by atoms with Gasteiger partial charge in [-0.15, -0.1) is 12.4 Å². The minimum absolute atomic E-state index is 0. The molecule has 1 aliphatic carbocycles. The second-order valence-corrected chi connectivity index (χ2v) is 5.00. The van der Waals surface area contributed by atoms with E-state index in [1.54, 1.807) is 0 Å². The Labute approximate surface area is 118 Å². The molecule has 0 radical (unpaired) electrons. The van der Waals surface area contributed by atoms with Crippen molar-refractivity contribution in [2.24, 2.45) is 11.7 Å². The summed E-state index contributed by atoms with van der Waals surface area (Å²) in [5.41, 5.74) is 7.76. The maximum Gasteiger partial charge on any atom is 0.227 e. The highest BCUT2D eigenvalue weighted by atomic mass is 35.5. The van der Waals surface area contributed by atoms with Crippen LogP contribution in [0.1, 0.15) is 19.3 Å². The van der Waals surface area contributed by atoms with E-state index in [-0.39, 0.29) is 30.3 Å². The SMILES string of the molecule is Cl.NC1CCC(C(=O)Nc2cccc3[nH]ccc23)C1. The highest BCUT2D eigenvalue weighted by Crippen LogP contribution is 2.27. The summed E-state index contributed by atoms with van der Waals surface area (Å²) in [4.78, 5) is 15.3. The average molecular weight is 280 g/mol. The fraction of sp³-hybridized carbons (Fsp3) is 0.357. The molecule has 1 amide bonds. The van der Waals surface area contributed by atoms with Crippen molar-refractivity contribution < 1.29 is 4.79 Å². The van der Waals surface area contributed by atoms with Gasteiger partial charge in [0.1, 0.15) is 0 Å². The van der Waals surface area contributed by atoms with Crippen molar-refractivity contribution >= 4 is 34.9 Å². The fourth-order valence-corrected chi connectivity index (χ4v) is 2.68. The molecule has 3 rings (SSSR count). The topological polar surface area (TPSA) is 70.9 Å². The molecule has 19 heavy (non-hydrogen) atoms. The maximum absolute atomic E-state index is 12.1. The molecule has 1 aromatic carbocycles. The molecule has 2 atom stereocenters. The molecule has 4 nitrogen and oxygen atoms in total. The van der Waals surface area contributed by atoms with Crippen LogP contribution >= 0.6 is 12.4 Å². The maximum atomic E-state index is 12.1. The van der Waals surface area contributed by atoms with Crippen LogP contribution in [-0.4, -0.2) is 16.9 Å². The predicted molar refractivity (Wildman–Crippen MR) is 79.5 cm³/mol. The fourth-order valence-electron chi connectivity index (χ4n) is 2.68. The lowest BCUT2D eigenvalue weighted by Gasteiger charge is -2.11. The third-order valence-corrected chi connectivity index (χ3v) is 3.70. The number of carbonyl (C=O) groups is 1. The average Bonchev–Trinajstić information content (AvgIpc) is 2.97. The summed E-state index contributed by atoms with van der Waals surface area (Å²) >= 11 is 0. The molecule has 1 fully saturated rings. The lowest BCUT2D eigenvalue weighted by Crippen LogP contribution is -2.23. The van der Waals surface area contributed by atoms with E-state index in [0.29, 0.717) is 0 Å². The molecular weight excluding hydrogens is 262 g/mol. The van der Waals surface area contributed by atoms with E-state index in [0.717, 1.165) is 35.9 Å². The Morgan fingerprint density at radius 3 is 2.89 bits per heavy atom. The van der Waals surface area contributed by atoms with Gasteiger partial charge in [-0.25, -0.2) is 0 Å². The van der Waals surface area contributed by atoms with Crippen molar-refractivity contribution in [1.82, 2.24) is 4.98 Å². The first kappa shape index (κ1) is 13.9. The highest BCUT2D eigenvalue weighted by molar-refractivity contribution is 6.02. The van der Waals surface area contributed by atoms with Gasteiger partial charge in [0.25, 0.3) is 0 Å². The zero-order valence-corrected chi connectivity index (χ0v) is 11.4. The monoisotopic (exact) mass is 279 g/mol. The van der Waals surface area contributed by atoms with E-state index < -0.39 is 0 Å². The van der Waals surface area contributed by atoms with Crippen molar-refractivity contribution in [2.45, 2.75) is 25.3 Å². The van der Waals surface area contributed by atoms with E-state index in [1.807, 2.05) is 30.5 Å². The quantitative estimate of drug-likeness (QED) is 0.791. The number of nitrogens with one attached hydrogen (secondary N) is 2. The number of hydrogen-bond donors (Lipinski definition) is 3. The van der Waals surface area contributed by atoms with Crippen LogP contribution in [0.15, 0.2) is 30.5 Å². The molecule has 0 bridgehead atoms. The summed E-state index contributed by atoms with van der Waals surface area (Å²) < 4.78 is 0. The Morgan fingerprint density at radius 2 is 2.16 bits per heavy atom. The van der Waals surface area contributed by atoms with Gasteiger partial charge in [-0.2, -0.15) is 0 Å². The van der Waals surface area contributed by atoms with Gasteiger partial charge in [-0.3, -0.25) is 4.79 Å². The lowest BCUT2D eigenvalue weighted by molar-refractivity contribution is -0.119. The third kappa shape index (κ3) is 2.74. The van der Waals surface area contributed by atoms with Crippen LogP contribution in [0, 0.1) is 5.92 Å². The highest BCUT2D eigenvalue weighted by Gasteiger charge is 2.27. The second-order valence-electron chi connectivity index (χ2n) is 5.00. The first-order valence-corrected chi connectivity index (χ1v) is 6.36. The van der Waals surface area contributed by atoms with Crippen molar-refractivity contribution in [3.8, 4) is 0 Å². The van der Waals surface area contributed by atoms with Gasteiger partial charge in [0.2, 0.25) is 5.91 Å². The van der Waals surface area contributed by atoms with Gasteiger partial charge in [-0.1, -0.05) is 6.07 Å². The van der Waals surface area contributed by atoms with Crippen LogP contribution in [0.2, 0.25) is 0 Å². The standard InChI is InChI=1S/C14H17N3O.ClH/c15-10-5-4-9(8-10)14(18)17-13-3-1-2-12-11(13)6-7-16-12;/h1-3,6-7,9-10,16H,4-5,8,15H2,(H,17,18);1H. The van der Waals surface area contributed by atoms with E-state index in [1.165, 1.54) is 0 Å². The first-order valence-electron chi connectivity index (χ1n) is 6.36. The Balaban J connectivity index is 0.00000133. The Kier molecular flexibility index (Phi) is 4.12. The van der Waals surface area contributed by atoms with Crippen LogP contribution in [0.4, 0.5) is 5.69 Å². The molecule has 0 spiro atoms. The summed E-state index contributed by atoms with van der Waals surface area (Å²) in [7, 11) is 0. The third-order valence-electron chi connectivity index (χ3n) is 3.70. The van der Waals surface area contributed by atoms with Gasteiger partial charge in [0, 0.05) is 29.1 Å². The molecule has 1 aliphatic rings. The van der Waals surface area contributed by atoms with Gasteiger partial charge in [0.05, 0.1) is 5.69 Å². The molecule has 4 N–H and O–H groups in total. The molecule has 1 aromatic heterocycles. The number of H-pyrrole nitrogens is 1. The van der Waals surface area contributed by atoms with E-state index in [2.05, 4.69) is 10.3 Å². The van der Waals surface area contributed by atoms with Crippen LogP contribution < -0.4 is 11.1 Å². The van der Waals surface area contributed by atoms with E-state index in [9.17, 15) is 4.79 Å². The Bertz CT molecular complexity index is 581. The number of aromatic nitrogens is 1. The minimum atomic E-state index is 0. The number of halogens is 1. The Morgan fingerprint density at radius 1 is 1.32 bits per heavy atom. The molecule has 102 valence electrons. The van der Waals surface area contributed by atoms with Gasteiger partial charge >= 0.3 is 0 Å². The molecule has 1 saturated carbocycles. The molecule has 5 heteroatoms.